The van der Waals surface area contributed by atoms with Crippen LogP contribution >= 0.6 is 11.8 Å². The van der Waals surface area contributed by atoms with E-state index in [1.807, 2.05) is 42.5 Å². The molecule has 0 aliphatic heterocycles. The summed E-state index contributed by atoms with van der Waals surface area (Å²) in [5.74, 6) is 1.87. The predicted octanol–water partition coefficient (Wildman–Crippen LogP) is 4.70. The standard InChI is InChI=1S/C19H18N2OS/c1-2-8-16(9-3-1)17-10-4-5-11-18(17)22-14-7-15-23-19-20-12-6-13-21-19/h1-6,8-13H,7,14-15H2. The highest BCUT2D eigenvalue weighted by Gasteiger charge is 2.05. The summed E-state index contributed by atoms with van der Waals surface area (Å²) in [5.41, 5.74) is 2.31. The van der Waals surface area contributed by atoms with Gasteiger partial charge in [0.2, 0.25) is 0 Å². The fourth-order valence-corrected chi connectivity index (χ4v) is 2.93. The van der Waals surface area contributed by atoms with Crippen molar-refractivity contribution in [3.8, 4) is 16.9 Å². The molecule has 0 bridgehead atoms. The van der Waals surface area contributed by atoms with Crippen LogP contribution < -0.4 is 4.74 Å². The van der Waals surface area contributed by atoms with Gasteiger partial charge in [0, 0.05) is 23.7 Å². The van der Waals surface area contributed by atoms with Crippen LogP contribution in [0.4, 0.5) is 0 Å². The Morgan fingerprint density at radius 3 is 2.39 bits per heavy atom. The molecule has 0 fully saturated rings. The normalized spacial score (nSPS) is 10.4. The Balaban J connectivity index is 1.53. The van der Waals surface area contributed by atoms with Crippen LogP contribution in [0.15, 0.2) is 78.2 Å². The van der Waals surface area contributed by atoms with Crippen LogP contribution in [0.25, 0.3) is 11.1 Å². The van der Waals surface area contributed by atoms with E-state index >= 15 is 0 Å². The number of thioether (sulfide) groups is 1. The predicted molar refractivity (Wildman–Crippen MR) is 94.7 cm³/mol. The maximum atomic E-state index is 5.98. The number of hydrogen-bond donors (Lipinski definition) is 0. The lowest BCUT2D eigenvalue weighted by Crippen LogP contribution is -2.00. The molecule has 23 heavy (non-hydrogen) atoms. The molecular weight excluding hydrogens is 304 g/mol. The monoisotopic (exact) mass is 322 g/mol. The Labute approximate surface area is 140 Å². The number of hydrogen-bond acceptors (Lipinski definition) is 4. The lowest BCUT2D eigenvalue weighted by molar-refractivity contribution is 0.320. The zero-order valence-electron chi connectivity index (χ0n) is 12.8. The topological polar surface area (TPSA) is 35.0 Å². The van der Waals surface area contributed by atoms with Crippen LogP contribution in [0.1, 0.15) is 6.42 Å². The van der Waals surface area contributed by atoms with Gasteiger partial charge in [-0.15, -0.1) is 0 Å². The van der Waals surface area contributed by atoms with E-state index in [1.54, 1.807) is 24.2 Å². The van der Waals surface area contributed by atoms with Crippen LogP contribution in [-0.4, -0.2) is 22.3 Å². The zero-order valence-corrected chi connectivity index (χ0v) is 13.6. The first-order chi connectivity index (χ1) is 11.4. The summed E-state index contributed by atoms with van der Waals surface area (Å²) in [6.45, 7) is 0.684. The number of nitrogens with zero attached hydrogens (tertiary/aromatic N) is 2. The molecule has 2 aromatic carbocycles. The average Bonchev–Trinajstić information content (AvgIpc) is 2.63. The van der Waals surface area contributed by atoms with E-state index in [0.29, 0.717) is 6.61 Å². The number of benzene rings is 2. The van der Waals surface area contributed by atoms with Crippen molar-refractivity contribution in [1.82, 2.24) is 9.97 Å². The first-order valence-corrected chi connectivity index (χ1v) is 8.59. The first kappa shape index (κ1) is 15.6. The smallest absolute Gasteiger partial charge is 0.187 e. The summed E-state index contributed by atoms with van der Waals surface area (Å²) in [4.78, 5) is 8.40. The van der Waals surface area contributed by atoms with Gasteiger partial charge in [-0.1, -0.05) is 60.3 Å². The Morgan fingerprint density at radius 1 is 0.826 bits per heavy atom. The van der Waals surface area contributed by atoms with Crippen LogP contribution in [0, 0.1) is 0 Å². The fraction of sp³-hybridized carbons (Fsp3) is 0.158. The lowest BCUT2D eigenvalue weighted by Gasteiger charge is -2.11. The van der Waals surface area contributed by atoms with Crippen LogP contribution in [0.5, 0.6) is 5.75 Å². The molecule has 3 rings (SSSR count). The minimum absolute atomic E-state index is 0.684. The molecule has 3 nitrogen and oxygen atoms in total. The molecule has 0 saturated heterocycles. The van der Waals surface area contributed by atoms with Crippen molar-refractivity contribution in [2.24, 2.45) is 0 Å². The third kappa shape index (κ3) is 4.57. The van der Waals surface area contributed by atoms with Gasteiger partial charge in [0.25, 0.3) is 0 Å². The maximum absolute atomic E-state index is 5.98. The molecule has 0 saturated carbocycles. The van der Waals surface area contributed by atoms with Gasteiger partial charge in [0.05, 0.1) is 6.61 Å². The molecule has 0 amide bonds. The van der Waals surface area contributed by atoms with Gasteiger partial charge in [0.15, 0.2) is 5.16 Å². The van der Waals surface area contributed by atoms with E-state index in [-0.39, 0.29) is 0 Å². The van der Waals surface area contributed by atoms with Crippen LogP contribution in [0.3, 0.4) is 0 Å². The largest absolute Gasteiger partial charge is 0.493 e. The van der Waals surface area contributed by atoms with Crippen LogP contribution in [0.2, 0.25) is 0 Å². The Hall–Kier alpha value is -2.33. The maximum Gasteiger partial charge on any atom is 0.187 e. The molecule has 0 spiro atoms. The summed E-state index contributed by atoms with van der Waals surface area (Å²) < 4.78 is 5.98. The van der Waals surface area contributed by atoms with Crippen molar-refractivity contribution in [2.45, 2.75) is 11.6 Å². The number of para-hydroxylation sites is 1. The van der Waals surface area contributed by atoms with E-state index in [9.17, 15) is 0 Å². The van der Waals surface area contributed by atoms with E-state index in [2.05, 4.69) is 28.2 Å². The van der Waals surface area contributed by atoms with Gasteiger partial charge in [-0.05, 0) is 24.1 Å². The molecular formula is C19H18N2OS. The second-order valence-corrected chi connectivity index (χ2v) is 6.01. The quantitative estimate of drug-likeness (QED) is 0.359. The molecule has 0 N–H and O–H groups in total. The summed E-state index contributed by atoms with van der Waals surface area (Å²) in [7, 11) is 0. The molecule has 1 aromatic heterocycles. The molecule has 0 atom stereocenters. The fourth-order valence-electron chi connectivity index (χ4n) is 2.21. The second kappa shape index (κ2) is 8.34. The third-order valence-electron chi connectivity index (χ3n) is 3.29. The number of aromatic nitrogens is 2. The highest BCUT2D eigenvalue weighted by atomic mass is 32.2. The van der Waals surface area contributed by atoms with Gasteiger partial charge < -0.3 is 4.74 Å². The van der Waals surface area contributed by atoms with Gasteiger partial charge in [-0.3, -0.25) is 0 Å². The van der Waals surface area contributed by atoms with Gasteiger partial charge in [0.1, 0.15) is 5.75 Å². The van der Waals surface area contributed by atoms with E-state index < -0.39 is 0 Å². The molecule has 0 radical (unpaired) electrons. The Morgan fingerprint density at radius 2 is 1.57 bits per heavy atom. The highest BCUT2D eigenvalue weighted by Crippen LogP contribution is 2.29. The minimum Gasteiger partial charge on any atom is -0.493 e. The molecule has 0 unspecified atom stereocenters. The molecule has 0 aliphatic carbocycles. The molecule has 4 heteroatoms. The highest BCUT2D eigenvalue weighted by molar-refractivity contribution is 7.99. The van der Waals surface area contributed by atoms with Crippen molar-refractivity contribution in [3.63, 3.8) is 0 Å². The Kier molecular flexibility index (Phi) is 5.64. The third-order valence-corrected chi connectivity index (χ3v) is 4.25. The van der Waals surface area contributed by atoms with Gasteiger partial charge >= 0.3 is 0 Å². The second-order valence-electron chi connectivity index (χ2n) is 4.94. The molecule has 0 aliphatic rings. The minimum atomic E-state index is 0.684. The van der Waals surface area contributed by atoms with E-state index in [1.165, 1.54) is 5.56 Å². The summed E-state index contributed by atoms with van der Waals surface area (Å²) in [6.07, 6.45) is 4.48. The molecule has 3 aromatic rings. The van der Waals surface area contributed by atoms with Crippen molar-refractivity contribution in [3.05, 3.63) is 73.1 Å². The average molecular weight is 322 g/mol. The molecule has 1 heterocycles. The lowest BCUT2D eigenvalue weighted by atomic mass is 10.1. The summed E-state index contributed by atoms with van der Waals surface area (Å²) >= 11 is 1.65. The van der Waals surface area contributed by atoms with Gasteiger partial charge in [-0.2, -0.15) is 0 Å². The number of rotatable bonds is 7. The zero-order chi connectivity index (χ0) is 15.7. The van der Waals surface area contributed by atoms with Crippen molar-refractivity contribution in [2.75, 3.05) is 12.4 Å². The molecule has 116 valence electrons. The van der Waals surface area contributed by atoms with Crippen molar-refractivity contribution >= 4 is 11.8 Å². The number of ether oxygens (including phenoxy) is 1. The van der Waals surface area contributed by atoms with E-state index in [0.717, 1.165) is 28.6 Å². The van der Waals surface area contributed by atoms with E-state index in [4.69, 9.17) is 4.74 Å². The SMILES string of the molecule is c1ccc(-c2ccccc2OCCCSc2ncccn2)cc1. The first-order valence-electron chi connectivity index (χ1n) is 7.60. The Bertz CT molecular complexity index is 720. The summed E-state index contributed by atoms with van der Waals surface area (Å²) in [6, 6.07) is 20.3. The van der Waals surface area contributed by atoms with Crippen molar-refractivity contribution < 1.29 is 4.74 Å². The van der Waals surface area contributed by atoms with Gasteiger partial charge in [-0.25, -0.2) is 9.97 Å². The van der Waals surface area contributed by atoms with Crippen molar-refractivity contribution in [1.29, 1.82) is 0 Å². The van der Waals surface area contributed by atoms with Crippen LogP contribution in [-0.2, 0) is 0 Å². The summed E-state index contributed by atoms with van der Waals surface area (Å²) in [5, 5.41) is 0.817.